The molecule has 3 unspecified atom stereocenters. The summed E-state index contributed by atoms with van der Waals surface area (Å²) in [6, 6.07) is 0. The SMILES string of the molecule is CC=C1C2CNCC2C1C(=O)OC. The van der Waals surface area contributed by atoms with Gasteiger partial charge in [0.05, 0.1) is 13.0 Å². The van der Waals surface area contributed by atoms with Crippen molar-refractivity contribution in [3.63, 3.8) is 0 Å². The number of esters is 1. The lowest BCUT2D eigenvalue weighted by atomic mass is 9.62. The highest BCUT2D eigenvalue weighted by Crippen LogP contribution is 2.47. The number of nitrogens with one attached hydrogen (secondary N) is 1. The molecule has 2 aliphatic rings. The molecule has 0 aromatic heterocycles. The van der Waals surface area contributed by atoms with Crippen LogP contribution in [0.1, 0.15) is 6.92 Å². The Morgan fingerprint density at radius 1 is 1.62 bits per heavy atom. The zero-order chi connectivity index (χ0) is 9.42. The molecule has 0 bridgehead atoms. The zero-order valence-electron chi connectivity index (χ0n) is 8.04. The molecule has 1 heterocycles. The highest BCUT2D eigenvalue weighted by molar-refractivity contribution is 5.78. The Morgan fingerprint density at radius 3 is 3.00 bits per heavy atom. The highest BCUT2D eigenvalue weighted by Gasteiger charge is 2.51. The fourth-order valence-electron chi connectivity index (χ4n) is 2.61. The van der Waals surface area contributed by atoms with Gasteiger partial charge >= 0.3 is 5.97 Å². The molecule has 0 spiro atoms. The van der Waals surface area contributed by atoms with Crippen molar-refractivity contribution in [2.24, 2.45) is 17.8 Å². The van der Waals surface area contributed by atoms with Crippen molar-refractivity contribution in [1.29, 1.82) is 0 Å². The van der Waals surface area contributed by atoms with Gasteiger partial charge in [-0.25, -0.2) is 0 Å². The van der Waals surface area contributed by atoms with E-state index in [1.807, 2.05) is 6.92 Å². The first-order valence-corrected chi connectivity index (χ1v) is 4.74. The molecule has 1 saturated carbocycles. The Balaban J connectivity index is 2.15. The predicted molar refractivity (Wildman–Crippen MR) is 49.1 cm³/mol. The van der Waals surface area contributed by atoms with E-state index >= 15 is 0 Å². The van der Waals surface area contributed by atoms with Crippen LogP contribution in [0.4, 0.5) is 0 Å². The molecule has 0 aromatic carbocycles. The molecule has 1 N–H and O–H groups in total. The third-order valence-corrected chi connectivity index (χ3v) is 3.26. The van der Waals surface area contributed by atoms with E-state index in [1.54, 1.807) is 0 Å². The maximum absolute atomic E-state index is 11.4. The van der Waals surface area contributed by atoms with Crippen molar-refractivity contribution in [2.75, 3.05) is 20.2 Å². The number of allylic oxidation sites excluding steroid dienone is 1. The van der Waals surface area contributed by atoms with Gasteiger partial charge in [0.25, 0.3) is 0 Å². The molecule has 0 aromatic rings. The van der Waals surface area contributed by atoms with Crippen LogP contribution in [0.15, 0.2) is 11.6 Å². The topological polar surface area (TPSA) is 38.3 Å². The number of rotatable bonds is 1. The van der Waals surface area contributed by atoms with Crippen LogP contribution in [0.5, 0.6) is 0 Å². The van der Waals surface area contributed by atoms with Gasteiger partial charge in [0, 0.05) is 6.54 Å². The van der Waals surface area contributed by atoms with Crippen LogP contribution < -0.4 is 5.32 Å². The van der Waals surface area contributed by atoms with Gasteiger partial charge in [0.15, 0.2) is 0 Å². The van der Waals surface area contributed by atoms with E-state index in [2.05, 4.69) is 11.4 Å². The molecule has 3 heteroatoms. The molecule has 13 heavy (non-hydrogen) atoms. The summed E-state index contributed by atoms with van der Waals surface area (Å²) in [5, 5.41) is 3.31. The highest BCUT2D eigenvalue weighted by atomic mass is 16.5. The minimum absolute atomic E-state index is 0.0370. The largest absolute Gasteiger partial charge is 0.469 e. The lowest BCUT2D eigenvalue weighted by Crippen LogP contribution is -2.44. The number of carbonyl (C=O) groups is 1. The van der Waals surface area contributed by atoms with Crippen LogP contribution in [0, 0.1) is 17.8 Å². The van der Waals surface area contributed by atoms with Gasteiger partial charge in [0.1, 0.15) is 0 Å². The molecular weight excluding hydrogens is 166 g/mol. The third-order valence-electron chi connectivity index (χ3n) is 3.26. The van der Waals surface area contributed by atoms with Gasteiger partial charge in [-0.15, -0.1) is 0 Å². The maximum atomic E-state index is 11.4. The first kappa shape index (κ1) is 8.75. The summed E-state index contributed by atoms with van der Waals surface area (Å²) in [4.78, 5) is 11.4. The van der Waals surface area contributed by atoms with Crippen molar-refractivity contribution >= 4 is 5.97 Å². The summed E-state index contributed by atoms with van der Waals surface area (Å²) in [6.07, 6.45) is 2.07. The molecule has 2 rings (SSSR count). The number of hydrogen-bond acceptors (Lipinski definition) is 3. The second-order valence-corrected chi connectivity index (χ2v) is 3.72. The zero-order valence-corrected chi connectivity index (χ0v) is 8.04. The summed E-state index contributed by atoms with van der Waals surface area (Å²) >= 11 is 0. The molecule has 1 saturated heterocycles. The van der Waals surface area contributed by atoms with E-state index < -0.39 is 0 Å². The fraction of sp³-hybridized carbons (Fsp3) is 0.700. The first-order valence-electron chi connectivity index (χ1n) is 4.74. The molecular formula is C10H15NO2. The lowest BCUT2D eigenvalue weighted by Gasteiger charge is -2.40. The van der Waals surface area contributed by atoms with Crippen LogP contribution in [-0.2, 0) is 9.53 Å². The van der Waals surface area contributed by atoms with Gasteiger partial charge in [0.2, 0.25) is 0 Å². The van der Waals surface area contributed by atoms with Crippen molar-refractivity contribution in [3.8, 4) is 0 Å². The minimum Gasteiger partial charge on any atom is -0.469 e. The Hall–Kier alpha value is -0.830. The average molecular weight is 181 g/mol. The third kappa shape index (κ3) is 1.10. The molecule has 2 fully saturated rings. The Bertz CT molecular complexity index is 260. The van der Waals surface area contributed by atoms with Crippen molar-refractivity contribution < 1.29 is 9.53 Å². The number of hydrogen-bond donors (Lipinski definition) is 1. The van der Waals surface area contributed by atoms with Gasteiger partial charge in [-0.1, -0.05) is 11.6 Å². The molecule has 1 aliphatic carbocycles. The van der Waals surface area contributed by atoms with Crippen LogP contribution in [0.2, 0.25) is 0 Å². The van der Waals surface area contributed by atoms with Crippen LogP contribution in [0.3, 0.4) is 0 Å². The van der Waals surface area contributed by atoms with Crippen LogP contribution in [0.25, 0.3) is 0 Å². The van der Waals surface area contributed by atoms with Gasteiger partial charge in [-0.3, -0.25) is 4.79 Å². The standard InChI is InChI=1S/C10H15NO2/c1-3-6-7-4-11-5-8(7)9(6)10(12)13-2/h3,7-9,11H,4-5H2,1-2H3. The van der Waals surface area contributed by atoms with Gasteiger partial charge in [-0.2, -0.15) is 0 Å². The molecule has 3 atom stereocenters. The number of fused-ring (bicyclic) bond motifs is 1. The summed E-state index contributed by atoms with van der Waals surface area (Å²) in [5.41, 5.74) is 1.27. The van der Waals surface area contributed by atoms with E-state index in [9.17, 15) is 4.79 Å². The summed E-state index contributed by atoms with van der Waals surface area (Å²) in [5.74, 6) is 1.04. The van der Waals surface area contributed by atoms with E-state index in [0.29, 0.717) is 11.8 Å². The van der Waals surface area contributed by atoms with Crippen molar-refractivity contribution in [3.05, 3.63) is 11.6 Å². The molecule has 72 valence electrons. The van der Waals surface area contributed by atoms with E-state index in [0.717, 1.165) is 13.1 Å². The van der Waals surface area contributed by atoms with Crippen molar-refractivity contribution in [2.45, 2.75) is 6.92 Å². The summed E-state index contributed by atoms with van der Waals surface area (Å²) < 4.78 is 4.79. The quantitative estimate of drug-likeness (QED) is 0.475. The summed E-state index contributed by atoms with van der Waals surface area (Å²) in [6.45, 7) is 3.99. The molecule has 1 aliphatic heterocycles. The minimum atomic E-state index is -0.0712. The lowest BCUT2D eigenvalue weighted by molar-refractivity contribution is -0.148. The number of methoxy groups -OCH3 is 1. The first-order chi connectivity index (χ1) is 6.29. The summed E-state index contributed by atoms with van der Waals surface area (Å²) in [7, 11) is 1.46. The molecule has 0 amide bonds. The normalized spacial score (nSPS) is 39.8. The van der Waals surface area contributed by atoms with Crippen LogP contribution in [-0.4, -0.2) is 26.2 Å². The Morgan fingerprint density at radius 2 is 2.38 bits per heavy atom. The predicted octanol–water partition coefficient (Wildman–Crippen LogP) is 0.571. The fourth-order valence-corrected chi connectivity index (χ4v) is 2.61. The molecule has 3 nitrogen and oxygen atoms in total. The average Bonchev–Trinajstić information content (AvgIpc) is 2.50. The maximum Gasteiger partial charge on any atom is 0.313 e. The van der Waals surface area contributed by atoms with E-state index in [4.69, 9.17) is 4.74 Å². The second kappa shape index (κ2) is 3.14. The number of ether oxygens (including phenoxy) is 1. The van der Waals surface area contributed by atoms with Gasteiger partial charge < -0.3 is 10.1 Å². The molecule has 0 radical (unpaired) electrons. The smallest absolute Gasteiger partial charge is 0.313 e. The van der Waals surface area contributed by atoms with Gasteiger partial charge in [-0.05, 0) is 25.3 Å². The van der Waals surface area contributed by atoms with Crippen LogP contribution >= 0.6 is 0 Å². The monoisotopic (exact) mass is 181 g/mol. The van der Waals surface area contributed by atoms with Crippen molar-refractivity contribution in [1.82, 2.24) is 5.32 Å². The Labute approximate surface area is 78.1 Å². The second-order valence-electron chi connectivity index (χ2n) is 3.72. The Kier molecular flexibility index (Phi) is 2.12. The number of carbonyl (C=O) groups excluding carboxylic acids is 1. The van der Waals surface area contributed by atoms with E-state index in [-0.39, 0.29) is 11.9 Å². The van der Waals surface area contributed by atoms with E-state index in [1.165, 1.54) is 12.7 Å².